The molecule has 0 aliphatic carbocycles. The largest absolute Gasteiger partial charge is 0.497 e. The smallest absolute Gasteiger partial charge is 0.356 e. The zero-order valence-electron chi connectivity index (χ0n) is 16.1. The van der Waals surface area contributed by atoms with Crippen molar-refractivity contribution < 1.29 is 19.1 Å². The summed E-state index contributed by atoms with van der Waals surface area (Å²) in [5, 5.41) is 3.67. The number of H-pyrrole nitrogens is 1. The van der Waals surface area contributed by atoms with E-state index in [2.05, 4.69) is 22.1 Å². The number of amides is 1. The van der Waals surface area contributed by atoms with E-state index < -0.39 is 5.97 Å². The number of benzene rings is 1. The number of hydrogen-bond donors (Lipinski definition) is 2. The molecule has 2 N–H and O–H groups in total. The molecule has 1 fully saturated rings. The van der Waals surface area contributed by atoms with Crippen LogP contribution in [-0.2, 0) is 9.53 Å². The summed E-state index contributed by atoms with van der Waals surface area (Å²) in [6.45, 7) is 3.41. The van der Waals surface area contributed by atoms with Crippen LogP contribution in [0.2, 0.25) is 0 Å². The minimum Gasteiger partial charge on any atom is -0.497 e. The van der Waals surface area contributed by atoms with Crippen molar-refractivity contribution in [1.29, 1.82) is 0 Å². The van der Waals surface area contributed by atoms with Gasteiger partial charge in [0.2, 0.25) is 5.91 Å². The van der Waals surface area contributed by atoms with E-state index in [1.54, 1.807) is 19.2 Å². The standard InChI is InChI=1S/C20H27N3O4/c1-4-13-7-5-6-10-23(13)12-17(24)22-18-15-9-8-14(26-2)11-16(15)21-19(18)20(25)27-3/h8-9,11,13,21H,4-7,10,12H2,1-3H3,(H,22,24)/t13-/m0/s1. The summed E-state index contributed by atoms with van der Waals surface area (Å²) in [5.74, 6) is 0.0132. The fourth-order valence-electron chi connectivity index (χ4n) is 3.78. The van der Waals surface area contributed by atoms with Crippen LogP contribution in [0.5, 0.6) is 5.75 Å². The monoisotopic (exact) mass is 373 g/mol. The second kappa shape index (κ2) is 8.43. The van der Waals surface area contributed by atoms with Gasteiger partial charge in [-0.05, 0) is 37.9 Å². The van der Waals surface area contributed by atoms with E-state index in [9.17, 15) is 9.59 Å². The highest BCUT2D eigenvalue weighted by Crippen LogP contribution is 2.31. The molecule has 0 bridgehead atoms. The average Bonchev–Trinajstić information content (AvgIpc) is 3.05. The van der Waals surface area contributed by atoms with Gasteiger partial charge in [0.1, 0.15) is 11.4 Å². The molecule has 1 aromatic heterocycles. The summed E-state index contributed by atoms with van der Waals surface area (Å²) in [7, 11) is 2.90. The van der Waals surface area contributed by atoms with Gasteiger partial charge in [0.25, 0.3) is 0 Å². The van der Waals surface area contributed by atoms with E-state index in [4.69, 9.17) is 9.47 Å². The molecule has 7 nitrogen and oxygen atoms in total. The van der Waals surface area contributed by atoms with Gasteiger partial charge in [-0.2, -0.15) is 0 Å². The summed E-state index contributed by atoms with van der Waals surface area (Å²) < 4.78 is 10.1. The summed E-state index contributed by atoms with van der Waals surface area (Å²) in [5.41, 5.74) is 1.39. The summed E-state index contributed by atoms with van der Waals surface area (Å²) in [4.78, 5) is 30.2. The van der Waals surface area contributed by atoms with Gasteiger partial charge in [-0.1, -0.05) is 13.3 Å². The second-order valence-corrected chi connectivity index (χ2v) is 6.85. The molecule has 7 heteroatoms. The van der Waals surface area contributed by atoms with Crippen LogP contribution in [-0.4, -0.2) is 55.1 Å². The van der Waals surface area contributed by atoms with Crippen molar-refractivity contribution in [2.45, 2.75) is 38.6 Å². The Kier molecular flexibility index (Phi) is 6.01. The normalized spacial score (nSPS) is 17.7. The minimum absolute atomic E-state index is 0.128. The van der Waals surface area contributed by atoms with Gasteiger partial charge in [-0.25, -0.2) is 4.79 Å². The van der Waals surface area contributed by atoms with Gasteiger partial charge in [0, 0.05) is 17.5 Å². The lowest BCUT2D eigenvalue weighted by Crippen LogP contribution is -2.43. The number of aromatic nitrogens is 1. The van der Waals surface area contributed by atoms with Gasteiger partial charge in [-0.15, -0.1) is 0 Å². The maximum atomic E-state index is 12.7. The zero-order valence-corrected chi connectivity index (χ0v) is 16.1. The number of nitrogens with zero attached hydrogens (tertiary/aromatic N) is 1. The Morgan fingerprint density at radius 3 is 2.81 bits per heavy atom. The van der Waals surface area contributed by atoms with Crippen molar-refractivity contribution in [1.82, 2.24) is 9.88 Å². The van der Waals surface area contributed by atoms with Crippen LogP contribution in [0.25, 0.3) is 10.9 Å². The number of nitrogens with one attached hydrogen (secondary N) is 2. The molecule has 0 spiro atoms. The van der Waals surface area contributed by atoms with Crippen molar-refractivity contribution in [3.05, 3.63) is 23.9 Å². The lowest BCUT2D eigenvalue weighted by molar-refractivity contribution is -0.118. The molecule has 0 unspecified atom stereocenters. The van der Waals surface area contributed by atoms with Crippen molar-refractivity contribution in [2.75, 3.05) is 32.6 Å². The van der Waals surface area contributed by atoms with Crippen LogP contribution >= 0.6 is 0 Å². The molecule has 1 aromatic carbocycles. The molecule has 0 saturated carbocycles. The number of carbonyl (C=O) groups is 2. The highest BCUT2D eigenvalue weighted by atomic mass is 16.5. The Labute approximate surface area is 159 Å². The molecule has 1 amide bonds. The Morgan fingerprint density at radius 1 is 1.30 bits per heavy atom. The highest BCUT2D eigenvalue weighted by molar-refractivity contribution is 6.11. The zero-order chi connectivity index (χ0) is 19.4. The highest BCUT2D eigenvalue weighted by Gasteiger charge is 2.25. The lowest BCUT2D eigenvalue weighted by Gasteiger charge is -2.34. The molecular weight excluding hydrogens is 346 g/mol. The number of ether oxygens (including phenoxy) is 2. The molecule has 1 saturated heterocycles. The number of hydrogen-bond acceptors (Lipinski definition) is 5. The van der Waals surface area contributed by atoms with E-state index >= 15 is 0 Å². The van der Waals surface area contributed by atoms with Gasteiger partial charge in [-0.3, -0.25) is 9.69 Å². The van der Waals surface area contributed by atoms with Crippen LogP contribution in [0, 0.1) is 0 Å². The number of likely N-dealkylation sites (tertiary alicyclic amines) is 1. The molecule has 146 valence electrons. The Morgan fingerprint density at radius 2 is 2.11 bits per heavy atom. The summed E-state index contributed by atoms with van der Waals surface area (Å²) >= 11 is 0. The third-order valence-corrected chi connectivity index (χ3v) is 5.23. The van der Waals surface area contributed by atoms with E-state index in [0.717, 1.165) is 31.2 Å². The summed E-state index contributed by atoms with van der Waals surface area (Å²) in [6.07, 6.45) is 4.50. The number of piperidine rings is 1. The van der Waals surface area contributed by atoms with Crippen molar-refractivity contribution in [3.63, 3.8) is 0 Å². The number of methoxy groups -OCH3 is 2. The van der Waals surface area contributed by atoms with Gasteiger partial charge < -0.3 is 19.8 Å². The Bertz CT molecular complexity index is 830. The number of esters is 1. The number of aromatic amines is 1. The first kappa shape index (κ1) is 19.2. The number of fused-ring (bicyclic) bond motifs is 1. The molecule has 2 aromatic rings. The lowest BCUT2D eigenvalue weighted by atomic mass is 10.00. The van der Waals surface area contributed by atoms with Gasteiger partial charge in [0.05, 0.1) is 32.0 Å². The first-order valence-corrected chi connectivity index (χ1v) is 9.39. The Balaban J connectivity index is 1.86. The third-order valence-electron chi connectivity index (χ3n) is 5.23. The van der Waals surface area contributed by atoms with Gasteiger partial charge >= 0.3 is 5.97 Å². The number of anilines is 1. The fourth-order valence-corrected chi connectivity index (χ4v) is 3.78. The van der Waals surface area contributed by atoms with E-state index in [-0.39, 0.29) is 11.6 Å². The quantitative estimate of drug-likeness (QED) is 0.760. The molecule has 3 rings (SSSR count). The Hall–Kier alpha value is -2.54. The van der Waals surface area contributed by atoms with E-state index in [1.807, 2.05) is 6.07 Å². The average molecular weight is 373 g/mol. The van der Waals surface area contributed by atoms with Gasteiger partial charge in [0.15, 0.2) is 0 Å². The van der Waals surface area contributed by atoms with Crippen LogP contribution in [0.3, 0.4) is 0 Å². The van der Waals surface area contributed by atoms with E-state index in [1.165, 1.54) is 13.5 Å². The first-order valence-electron chi connectivity index (χ1n) is 9.39. The SMILES string of the molecule is CC[C@H]1CCCCN1CC(=O)Nc1c(C(=O)OC)[nH]c2cc(OC)ccc12. The van der Waals surface area contributed by atoms with Crippen molar-refractivity contribution in [3.8, 4) is 5.75 Å². The molecule has 1 aliphatic rings. The third kappa shape index (κ3) is 4.08. The van der Waals surface area contributed by atoms with E-state index in [0.29, 0.717) is 29.5 Å². The molecule has 1 aliphatic heterocycles. The maximum Gasteiger partial charge on any atom is 0.356 e. The molecule has 2 heterocycles. The molecule has 0 radical (unpaired) electrons. The number of carbonyl (C=O) groups excluding carboxylic acids is 2. The van der Waals surface area contributed by atoms with Crippen LogP contribution in [0.15, 0.2) is 18.2 Å². The first-order chi connectivity index (χ1) is 13.1. The van der Waals surface area contributed by atoms with Crippen molar-refractivity contribution in [2.24, 2.45) is 0 Å². The second-order valence-electron chi connectivity index (χ2n) is 6.85. The molecular formula is C20H27N3O4. The van der Waals surface area contributed by atoms with Crippen LogP contribution < -0.4 is 10.1 Å². The predicted molar refractivity (Wildman–Crippen MR) is 104 cm³/mol. The molecule has 1 atom stereocenters. The summed E-state index contributed by atoms with van der Waals surface area (Å²) in [6, 6.07) is 5.85. The number of rotatable bonds is 6. The topological polar surface area (TPSA) is 83.7 Å². The van der Waals surface area contributed by atoms with Crippen LogP contribution in [0.4, 0.5) is 5.69 Å². The van der Waals surface area contributed by atoms with Crippen molar-refractivity contribution >= 4 is 28.5 Å². The minimum atomic E-state index is -0.523. The van der Waals surface area contributed by atoms with Crippen LogP contribution in [0.1, 0.15) is 43.1 Å². The predicted octanol–water partition coefficient (Wildman–Crippen LogP) is 3.17. The maximum absolute atomic E-state index is 12.7. The fraction of sp³-hybridized carbons (Fsp3) is 0.500. The molecule has 27 heavy (non-hydrogen) atoms.